The van der Waals surface area contributed by atoms with E-state index in [0.29, 0.717) is 13.1 Å². The van der Waals surface area contributed by atoms with Crippen LogP contribution in [-0.4, -0.2) is 46.4 Å². The Morgan fingerprint density at radius 3 is 2.52 bits per heavy atom. The van der Waals surface area contributed by atoms with Gasteiger partial charge in [-0.15, -0.1) is 0 Å². The molecule has 1 atom stereocenters. The van der Waals surface area contributed by atoms with Crippen LogP contribution in [0.2, 0.25) is 0 Å². The molecule has 0 saturated carbocycles. The lowest BCUT2D eigenvalue weighted by Crippen LogP contribution is -2.47. The Morgan fingerprint density at radius 2 is 2.05 bits per heavy atom. The molecular formula is C15H27N3O3. The van der Waals surface area contributed by atoms with Gasteiger partial charge in [-0.2, -0.15) is 0 Å². The number of aliphatic hydroxyl groups excluding tert-OH is 1. The number of hydrogen-bond donors (Lipinski definition) is 2. The number of urea groups is 1. The molecule has 120 valence electrons. The Morgan fingerprint density at radius 1 is 1.38 bits per heavy atom. The van der Waals surface area contributed by atoms with E-state index < -0.39 is 6.10 Å². The normalized spacial score (nSPS) is 12.5. The minimum Gasteiger partial charge on any atom is -0.392 e. The van der Waals surface area contributed by atoms with Crippen molar-refractivity contribution in [2.75, 3.05) is 13.1 Å². The molecule has 0 aromatic carbocycles. The number of aliphatic hydroxyl groups is 1. The number of nitrogens with zero attached hydrogens (tertiary/aromatic N) is 2. The monoisotopic (exact) mass is 297 g/mol. The summed E-state index contributed by atoms with van der Waals surface area (Å²) in [5.41, 5.74) is 2.03. The molecule has 0 radical (unpaired) electrons. The molecule has 2 N–H and O–H groups in total. The molecule has 0 bridgehead atoms. The summed E-state index contributed by atoms with van der Waals surface area (Å²) >= 11 is 0. The summed E-state index contributed by atoms with van der Waals surface area (Å²) in [6.45, 7) is 10.3. The number of aromatic nitrogens is 1. The van der Waals surface area contributed by atoms with Gasteiger partial charge in [0.2, 0.25) is 0 Å². The fourth-order valence-corrected chi connectivity index (χ4v) is 2.23. The molecule has 1 heterocycles. The van der Waals surface area contributed by atoms with Crippen molar-refractivity contribution in [2.24, 2.45) is 0 Å². The van der Waals surface area contributed by atoms with E-state index in [2.05, 4.69) is 10.5 Å². The van der Waals surface area contributed by atoms with Crippen molar-refractivity contribution in [2.45, 2.75) is 59.6 Å². The number of carbonyl (C=O) groups is 1. The zero-order chi connectivity index (χ0) is 16.0. The summed E-state index contributed by atoms with van der Waals surface area (Å²) in [6.07, 6.45) is 1.13. The Kier molecular flexibility index (Phi) is 6.68. The van der Waals surface area contributed by atoms with Crippen molar-refractivity contribution in [3.63, 3.8) is 0 Å². The summed E-state index contributed by atoms with van der Waals surface area (Å²) in [6, 6.07) is -0.0770. The van der Waals surface area contributed by atoms with Gasteiger partial charge in [0, 0.05) is 24.7 Å². The number of aryl methyl sites for hydroxylation is 2. The number of rotatable bonds is 7. The summed E-state index contributed by atoms with van der Waals surface area (Å²) in [5, 5.41) is 16.3. The Labute approximate surface area is 126 Å². The van der Waals surface area contributed by atoms with E-state index in [-0.39, 0.29) is 12.1 Å². The molecule has 0 saturated heterocycles. The maximum Gasteiger partial charge on any atom is 0.317 e. The maximum atomic E-state index is 12.1. The van der Waals surface area contributed by atoms with E-state index in [0.717, 1.165) is 29.9 Å². The van der Waals surface area contributed by atoms with Crippen LogP contribution in [0.4, 0.5) is 4.79 Å². The molecule has 1 rings (SSSR count). The van der Waals surface area contributed by atoms with E-state index in [1.165, 1.54) is 0 Å². The molecule has 1 aromatic rings. The summed E-state index contributed by atoms with van der Waals surface area (Å²) < 4.78 is 5.11. The first-order valence-electron chi connectivity index (χ1n) is 7.47. The van der Waals surface area contributed by atoms with Crippen molar-refractivity contribution in [1.29, 1.82) is 0 Å². The third-order valence-electron chi connectivity index (χ3n) is 3.41. The van der Waals surface area contributed by atoms with Crippen molar-refractivity contribution < 1.29 is 14.4 Å². The molecule has 1 unspecified atom stereocenters. The van der Waals surface area contributed by atoms with Gasteiger partial charge in [0.25, 0.3) is 0 Å². The molecular weight excluding hydrogens is 270 g/mol. The van der Waals surface area contributed by atoms with Crippen LogP contribution in [0.5, 0.6) is 0 Å². The van der Waals surface area contributed by atoms with Crippen LogP contribution in [0, 0.1) is 13.8 Å². The number of hydrogen-bond acceptors (Lipinski definition) is 4. The zero-order valence-electron chi connectivity index (χ0n) is 13.6. The van der Waals surface area contributed by atoms with Crippen LogP contribution < -0.4 is 5.32 Å². The minimum absolute atomic E-state index is 0.0576. The Hall–Kier alpha value is -1.56. The molecule has 2 amide bonds. The van der Waals surface area contributed by atoms with Crippen LogP contribution in [-0.2, 0) is 6.42 Å². The average Bonchev–Trinajstić information content (AvgIpc) is 2.71. The van der Waals surface area contributed by atoms with Gasteiger partial charge in [-0.3, -0.25) is 0 Å². The third-order valence-corrected chi connectivity index (χ3v) is 3.41. The highest BCUT2D eigenvalue weighted by molar-refractivity contribution is 5.74. The van der Waals surface area contributed by atoms with Gasteiger partial charge in [0.15, 0.2) is 0 Å². The Bertz CT molecular complexity index is 436. The second kappa shape index (κ2) is 8.02. The van der Waals surface area contributed by atoms with Crippen molar-refractivity contribution in [3.8, 4) is 0 Å². The highest BCUT2D eigenvalue weighted by Gasteiger charge is 2.18. The van der Waals surface area contributed by atoms with Crippen LogP contribution >= 0.6 is 0 Å². The maximum absolute atomic E-state index is 12.1. The van der Waals surface area contributed by atoms with E-state index >= 15 is 0 Å². The van der Waals surface area contributed by atoms with Gasteiger partial charge in [-0.25, -0.2) is 4.79 Å². The van der Waals surface area contributed by atoms with Gasteiger partial charge < -0.3 is 19.8 Å². The van der Waals surface area contributed by atoms with Crippen LogP contribution in [0.25, 0.3) is 0 Å². The quantitative estimate of drug-likeness (QED) is 0.755. The SMILES string of the molecule is Cc1noc(C)c1CCCNC(=O)N(CC(C)O)C(C)C. The molecule has 0 aliphatic carbocycles. The first-order valence-corrected chi connectivity index (χ1v) is 7.47. The lowest BCUT2D eigenvalue weighted by atomic mass is 10.1. The lowest BCUT2D eigenvalue weighted by Gasteiger charge is -2.28. The van der Waals surface area contributed by atoms with Gasteiger partial charge in [-0.05, 0) is 47.5 Å². The standard InChI is InChI=1S/C15H27N3O3/c1-10(2)18(9-11(3)19)15(20)16-8-6-7-14-12(4)17-21-13(14)5/h10-11,19H,6-9H2,1-5H3,(H,16,20). The number of nitrogens with one attached hydrogen (secondary N) is 1. The molecule has 0 aliphatic rings. The predicted octanol–water partition coefficient (Wildman–Crippen LogP) is 2.02. The van der Waals surface area contributed by atoms with E-state index in [4.69, 9.17) is 4.52 Å². The number of carbonyl (C=O) groups excluding carboxylic acids is 1. The minimum atomic E-state index is -0.527. The molecule has 0 fully saturated rings. The first-order chi connectivity index (χ1) is 9.82. The molecule has 0 spiro atoms. The highest BCUT2D eigenvalue weighted by Crippen LogP contribution is 2.13. The van der Waals surface area contributed by atoms with Gasteiger partial charge in [-0.1, -0.05) is 5.16 Å². The first kappa shape index (κ1) is 17.5. The topological polar surface area (TPSA) is 78.6 Å². The van der Waals surface area contributed by atoms with Gasteiger partial charge >= 0.3 is 6.03 Å². The smallest absolute Gasteiger partial charge is 0.317 e. The molecule has 21 heavy (non-hydrogen) atoms. The molecule has 0 aliphatic heterocycles. The van der Waals surface area contributed by atoms with Gasteiger partial charge in [0.1, 0.15) is 5.76 Å². The number of amides is 2. The largest absolute Gasteiger partial charge is 0.392 e. The molecule has 6 nitrogen and oxygen atoms in total. The van der Waals surface area contributed by atoms with Crippen LogP contribution in [0.15, 0.2) is 4.52 Å². The third kappa shape index (κ3) is 5.38. The fourth-order valence-electron chi connectivity index (χ4n) is 2.23. The van der Waals surface area contributed by atoms with Crippen molar-refractivity contribution >= 4 is 6.03 Å². The van der Waals surface area contributed by atoms with Crippen LogP contribution in [0.3, 0.4) is 0 Å². The molecule has 6 heteroatoms. The van der Waals surface area contributed by atoms with Crippen molar-refractivity contribution in [1.82, 2.24) is 15.4 Å². The summed E-state index contributed by atoms with van der Waals surface area (Å²) in [5.74, 6) is 0.844. The second-order valence-corrected chi connectivity index (χ2v) is 5.73. The molecule has 1 aromatic heterocycles. The second-order valence-electron chi connectivity index (χ2n) is 5.73. The van der Waals surface area contributed by atoms with E-state index in [1.54, 1.807) is 11.8 Å². The van der Waals surface area contributed by atoms with Gasteiger partial charge in [0.05, 0.1) is 11.8 Å². The lowest BCUT2D eigenvalue weighted by molar-refractivity contribution is 0.119. The van der Waals surface area contributed by atoms with Crippen LogP contribution in [0.1, 0.15) is 44.2 Å². The predicted molar refractivity (Wildman–Crippen MR) is 81.2 cm³/mol. The summed E-state index contributed by atoms with van der Waals surface area (Å²) in [7, 11) is 0. The summed E-state index contributed by atoms with van der Waals surface area (Å²) in [4.78, 5) is 13.7. The average molecular weight is 297 g/mol. The van der Waals surface area contributed by atoms with E-state index in [1.807, 2.05) is 27.7 Å². The Balaban J connectivity index is 2.38. The van der Waals surface area contributed by atoms with Crippen molar-refractivity contribution in [3.05, 3.63) is 17.0 Å². The zero-order valence-corrected chi connectivity index (χ0v) is 13.6. The van der Waals surface area contributed by atoms with E-state index in [9.17, 15) is 9.90 Å². The fraction of sp³-hybridized carbons (Fsp3) is 0.733. The highest BCUT2D eigenvalue weighted by atomic mass is 16.5.